The minimum atomic E-state index is -4.54. The highest BCUT2D eigenvalue weighted by Gasteiger charge is 2.31. The number of rotatable bonds is 4. The predicted molar refractivity (Wildman–Crippen MR) is 73.2 cm³/mol. The molecule has 2 rings (SSSR count). The van der Waals surface area contributed by atoms with Crippen LogP contribution in [0.3, 0.4) is 0 Å². The molecule has 0 amide bonds. The van der Waals surface area contributed by atoms with Gasteiger partial charge in [-0.1, -0.05) is 11.3 Å². The molecule has 11 heteroatoms. The summed E-state index contributed by atoms with van der Waals surface area (Å²) in [4.78, 5) is 9.36. The van der Waals surface area contributed by atoms with E-state index < -0.39 is 36.6 Å². The summed E-state index contributed by atoms with van der Waals surface area (Å²) in [7, 11) is -4.26. The molecule has 0 saturated carbocycles. The van der Waals surface area contributed by atoms with Crippen LogP contribution in [0.1, 0.15) is 5.56 Å². The Bertz CT molecular complexity index is 797. The molecule has 1 aromatic carbocycles. The van der Waals surface area contributed by atoms with Crippen LogP contribution in [0.25, 0.3) is 0 Å². The Balaban J connectivity index is 2.29. The molecule has 1 N–H and O–H groups in total. The van der Waals surface area contributed by atoms with E-state index in [1.54, 1.807) is 0 Å². The molecule has 0 aliphatic rings. The van der Waals surface area contributed by atoms with Gasteiger partial charge in [-0.3, -0.25) is 14.8 Å². The summed E-state index contributed by atoms with van der Waals surface area (Å²) >= 11 is 0.634. The Kier molecular flexibility index (Phi) is 4.11. The Hall–Kier alpha value is -2.14. The molecule has 118 valence electrons. The van der Waals surface area contributed by atoms with Gasteiger partial charge in [-0.2, -0.15) is 13.2 Å². The predicted octanol–water partition coefficient (Wildman–Crippen LogP) is 3.48. The molecular weight excluding hydrogens is 345 g/mol. The maximum atomic E-state index is 12.4. The van der Waals surface area contributed by atoms with Gasteiger partial charge in [0.15, 0.2) is 4.90 Å². The van der Waals surface area contributed by atoms with Crippen molar-refractivity contribution in [1.82, 2.24) is 0 Å². The standard InChI is InChI=1S/C11H7F3N2O4S2/c12-11(13,14)7-1-3-8(4-2-7)15-22(19,20)9-5-6-21-10(9)16(17)18/h1-6,15H. The molecule has 0 unspecified atom stereocenters. The summed E-state index contributed by atoms with van der Waals surface area (Å²) < 4.78 is 63.3. The van der Waals surface area contributed by atoms with E-state index in [-0.39, 0.29) is 5.69 Å². The number of alkyl halides is 3. The van der Waals surface area contributed by atoms with Crippen LogP contribution < -0.4 is 4.72 Å². The van der Waals surface area contributed by atoms with Crippen molar-refractivity contribution in [1.29, 1.82) is 0 Å². The van der Waals surface area contributed by atoms with Gasteiger partial charge in [-0.05, 0) is 35.7 Å². The lowest BCUT2D eigenvalue weighted by Crippen LogP contribution is -2.13. The number of nitrogens with zero attached hydrogens (tertiary/aromatic N) is 1. The molecule has 0 radical (unpaired) electrons. The molecule has 1 aromatic heterocycles. The molecule has 1 heterocycles. The fourth-order valence-electron chi connectivity index (χ4n) is 1.56. The van der Waals surface area contributed by atoms with Crippen LogP contribution in [0.5, 0.6) is 0 Å². The fourth-order valence-corrected chi connectivity index (χ4v) is 3.84. The minimum Gasteiger partial charge on any atom is -0.279 e. The maximum Gasteiger partial charge on any atom is 0.416 e. The van der Waals surface area contributed by atoms with Crippen molar-refractivity contribution < 1.29 is 26.5 Å². The van der Waals surface area contributed by atoms with Crippen LogP contribution >= 0.6 is 11.3 Å². The van der Waals surface area contributed by atoms with Gasteiger partial charge in [-0.25, -0.2) is 8.42 Å². The van der Waals surface area contributed by atoms with Gasteiger partial charge in [0.2, 0.25) is 0 Å². The average molecular weight is 352 g/mol. The number of halogens is 3. The Morgan fingerprint density at radius 2 is 1.73 bits per heavy atom. The van der Waals surface area contributed by atoms with E-state index in [4.69, 9.17) is 0 Å². The summed E-state index contributed by atoms with van der Waals surface area (Å²) in [5, 5.41) is 11.4. The second-order valence-electron chi connectivity index (χ2n) is 4.03. The number of sulfonamides is 1. The van der Waals surface area contributed by atoms with Gasteiger partial charge in [0.05, 0.1) is 10.5 Å². The second-order valence-corrected chi connectivity index (χ2v) is 6.57. The van der Waals surface area contributed by atoms with Gasteiger partial charge < -0.3 is 0 Å². The summed E-state index contributed by atoms with van der Waals surface area (Å²) in [6.07, 6.45) is -4.54. The van der Waals surface area contributed by atoms with Crippen molar-refractivity contribution in [2.75, 3.05) is 4.72 Å². The highest BCUT2D eigenvalue weighted by molar-refractivity contribution is 7.93. The molecule has 0 fully saturated rings. The van der Waals surface area contributed by atoms with Crippen LogP contribution in [0.4, 0.5) is 23.9 Å². The van der Waals surface area contributed by atoms with Gasteiger partial charge in [0.1, 0.15) is 0 Å². The van der Waals surface area contributed by atoms with E-state index in [1.807, 2.05) is 4.72 Å². The number of hydrogen-bond acceptors (Lipinski definition) is 5. The average Bonchev–Trinajstić information content (AvgIpc) is 2.88. The van der Waals surface area contributed by atoms with Crippen molar-refractivity contribution in [2.24, 2.45) is 0 Å². The van der Waals surface area contributed by atoms with Crippen LogP contribution in [-0.2, 0) is 16.2 Å². The summed E-state index contributed by atoms with van der Waals surface area (Å²) in [5.41, 5.74) is -1.06. The molecule has 0 saturated heterocycles. The number of nitrogens with one attached hydrogen (secondary N) is 1. The first kappa shape index (κ1) is 16.2. The lowest BCUT2D eigenvalue weighted by Gasteiger charge is -2.09. The summed E-state index contributed by atoms with van der Waals surface area (Å²) in [6, 6.07) is 4.33. The minimum absolute atomic E-state index is 0.131. The van der Waals surface area contributed by atoms with Crippen LogP contribution in [-0.4, -0.2) is 13.3 Å². The number of hydrogen-bond donors (Lipinski definition) is 1. The maximum absolute atomic E-state index is 12.4. The number of benzene rings is 1. The highest BCUT2D eigenvalue weighted by Crippen LogP contribution is 2.32. The Morgan fingerprint density at radius 3 is 2.23 bits per heavy atom. The zero-order valence-corrected chi connectivity index (χ0v) is 12.1. The lowest BCUT2D eigenvalue weighted by atomic mass is 10.2. The second kappa shape index (κ2) is 5.57. The monoisotopic (exact) mass is 352 g/mol. The molecule has 0 bridgehead atoms. The van der Waals surface area contributed by atoms with Crippen molar-refractivity contribution in [3.63, 3.8) is 0 Å². The van der Waals surface area contributed by atoms with Crippen molar-refractivity contribution in [2.45, 2.75) is 11.1 Å². The van der Waals surface area contributed by atoms with Crippen molar-refractivity contribution >= 4 is 32.0 Å². The van der Waals surface area contributed by atoms with E-state index in [0.717, 1.165) is 18.2 Å². The van der Waals surface area contributed by atoms with E-state index >= 15 is 0 Å². The van der Waals surface area contributed by atoms with Gasteiger partial charge in [-0.15, -0.1) is 0 Å². The van der Waals surface area contributed by atoms with Crippen molar-refractivity contribution in [3.8, 4) is 0 Å². The molecule has 0 aliphatic heterocycles. The third kappa shape index (κ3) is 3.36. The molecule has 22 heavy (non-hydrogen) atoms. The topological polar surface area (TPSA) is 89.3 Å². The molecule has 6 nitrogen and oxygen atoms in total. The fraction of sp³-hybridized carbons (Fsp3) is 0.0909. The molecule has 0 spiro atoms. The Labute approximate surface area is 126 Å². The van der Waals surface area contributed by atoms with E-state index in [1.165, 1.54) is 5.38 Å². The first-order chi connectivity index (χ1) is 10.1. The highest BCUT2D eigenvalue weighted by atomic mass is 32.2. The third-order valence-corrected chi connectivity index (χ3v) is 4.94. The quantitative estimate of drug-likeness (QED) is 0.674. The molecule has 0 aliphatic carbocycles. The number of thiophene rings is 1. The summed E-state index contributed by atoms with van der Waals surface area (Å²) in [5.74, 6) is 0. The lowest BCUT2D eigenvalue weighted by molar-refractivity contribution is -0.383. The first-order valence-electron chi connectivity index (χ1n) is 5.53. The van der Waals surface area contributed by atoms with Crippen molar-refractivity contribution in [3.05, 3.63) is 51.4 Å². The molecule has 0 atom stereocenters. The van der Waals surface area contributed by atoms with Crippen LogP contribution in [0, 0.1) is 10.1 Å². The van der Waals surface area contributed by atoms with Gasteiger partial charge >= 0.3 is 11.2 Å². The Morgan fingerprint density at radius 1 is 1.14 bits per heavy atom. The van der Waals surface area contributed by atoms with Crippen LogP contribution in [0.15, 0.2) is 40.6 Å². The normalized spacial score (nSPS) is 12.1. The first-order valence-corrected chi connectivity index (χ1v) is 7.89. The number of nitro groups is 1. The van der Waals surface area contributed by atoms with Gasteiger partial charge in [0.25, 0.3) is 10.0 Å². The third-order valence-electron chi connectivity index (χ3n) is 2.53. The van der Waals surface area contributed by atoms with E-state index in [9.17, 15) is 31.7 Å². The largest absolute Gasteiger partial charge is 0.416 e. The summed E-state index contributed by atoms with van der Waals surface area (Å²) in [6.45, 7) is 0. The molecular formula is C11H7F3N2O4S2. The zero-order valence-electron chi connectivity index (χ0n) is 10.5. The SMILES string of the molecule is O=[N+]([O-])c1sccc1S(=O)(=O)Nc1ccc(C(F)(F)F)cc1. The van der Waals surface area contributed by atoms with E-state index in [2.05, 4.69) is 0 Å². The smallest absolute Gasteiger partial charge is 0.279 e. The van der Waals surface area contributed by atoms with Crippen LogP contribution in [0.2, 0.25) is 0 Å². The zero-order chi connectivity index (χ0) is 16.5. The van der Waals surface area contributed by atoms with Gasteiger partial charge in [0, 0.05) is 5.69 Å². The number of anilines is 1. The van der Waals surface area contributed by atoms with E-state index in [0.29, 0.717) is 23.5 Å². The molecule has 2 aromatic rings.